The Labute approximate surface area is 108 Å². The highest BCUT2D eigenvalue weighted by Gasteiger charge is 2.48. The lowest BCUT2D eigenvalue weighted by molar-refractivity contribution is -0.124. The molecule has 1 aromatic carbocycles. The van der Waals surface area contributed by atoms with Crippen LogP contribution in [0.3, 0.4) is 0 Å². The third-order valence-corrected chi connectivity index (χ3v) is 3.40. The molecule has 0 bridgehead atoms. The first-order valence-corrected chi connectivity index (χ1v) is 6.24. The Morgan fingerprint density at radius 3 is 2.67 bits per heavy atom. The molecule has 1 amide bonds. The second-order valence-corrected chi connectivity index (χ2v) is 5.12. The van der Waals surface area contributed by atoms with Gasteiger partial charge in [0.25, 0.3) is 5.91 Å². The van der Waals surface area contributed by atoms with Gasteiger partial charge in [-0.25, -0.2) is 0 Å². The number of carbonyl (C=O) groups is 1. The highest BCUT2D eigenvalue weighted by Crippen LogP contribution is 2.38. The number of hydroxylamine groups is 1. The maximum absolute atomic E-state index is 12.4. The van der Waals surface area contributed by atoms with Crippen molar-refractivity contribution in [1.82, 2.24) is 0 Å². The smallest absolute Gasteiger partial charge is 0.259 e. The summed E-state index contributed by atoms with van der Waals surface area (Å²) in [5.41, 5.74) is 0.301. The zero-order valence-corrected chi connectivity index (χ0v) is 10.9. The van der Waals surface area contributed by atoms with Gasteiger partial charge in [0.15, 0.2) is 0 Å². The van der Waals surface area contributed by atoms with Gasteiger partial charge in [0, 0.05) is 0 Å². The van der Waals surface area contributed by atoms with Gasteiger partial charge in [0.1, 0.15) is 6.10 Å². The van der Waals surface area contributed by atoms with Crippen LogP contribution in [-0.2, 0) is 9.63 Å². The number of allylic oxidation sites excluding steroid dienone is 1. The molecule has 3 nitrogen and oxygen atoms in total. The van der Waals surface area contributed by atoms with Crippen LogP contribution in [0.15, 0.2) is 43.0 Å². The molecule has 0 spiro atoms. The van der Waals surface area contributed by atoms with E-state index in [1.54, 1.807) is 0 Å². The predicted octanol–water partition coefficient (Wildman–Crippen LogP) is 3.33. The maximum atomic E-state index is 12.4. The summed E-state index contributed by atoms with van der Waals surface area (Å²) in [6, 6.07) is 9.48. The van der Waals surface area contributed by atoms with Crippen molar-refractivity contribution in [2.24, 2.45) is 5.41 Å². The van der Waals surface area contributed by atoms with E-state index in [0.29, 0.717) is 0 Å². The number of hydrogen-bond donors (Lipinski definition) is 0. The zero-order chi connectivity index (χ0) is 13.2. The van der Waals surface area contributed by atoms with E-state index in [-0.39, 0.29) is 12.0 Å². The van der Waals surface area contributed by atoms with Crippen molar-refractivity contribution in [3.05, 3.63) is 43.0 Å². The van der Waals surface area contributed by atoms with Crippen LogP contribution in [0.1, 0.15) is 26.7 Å². The average molecular weight is 245 g/mol. The van der Waals surface area contributed by atoms with E-state index in [4.69, 9.17) is 4.84 Å². The van der Waals surface area contributed by atoms with Crippen molar-refractivity contribution in [3.8, 4) is 0 Å². The van der Waals surface area contributed by atoms with E-state index in [2.05, 4.69) is 6.58 Å². The minimum Gasteiger partial charge on any atom is -0.271 e. The highest BCUT2D eigenvalue weighted by atomic mass is 16.7. The van der Waals surface area contributed by atoms with E-state index in [1.807, 2.05) is 50.3 Å². The average Bonchev–Trinajstić information content (AvgIpc) is 2.60. The van der Waals surface area contributed by atoms with Gasteiger partial charge in [-0.2, -0.15) is 5.06 Å². The molecule has 96 valence electrons. The monoisotopic (exact) mass is 245 g/mol. The molecule has 1 unspecified atom stereocenters. The summed E-state index contributed by atoms with van der Waals surface area (Å²) < 4.78 is 0. The van der Waals surface area contributed by atoms with Gasteiger partial charge in [-0.05, 0) is 38.8 Å². The van der Waals surface area contributed by atoms with Crippen LogP contribution in [0.5, 0.6) is 0 Å². The molecular formula is C15H19NO2. The minimum atomic E-state index is -0.487. The number of para-hydroxylation sites is 1. The fraction of sp³-hybridized carbons (Fsp3) is 0.400. The number of carbonyl (C=O) groups excluding carboxylic acids is 1. The summed E-state index contributed by atoms with van der Waals surface area (Å²) in [5.74, 6) is 0.0164. The molecule has 1 aliphatic heterocycles. The first kappa shape index (κ1) is 12.8. The first-order chi connectivity index (χ1) is 8.57. The number of benzene rings is 1. The van der Waals surface area contributed by atoms with Gasteiger partial charge in [-0.3, -0.25) is 9.63 Å². The lowest BCUT2D eigenvalue weighted by Gasteiger charge is -2.19. The summed E-state index contributed by atoms with van der Waals surface area (Å²) in [6.07, 6.45) is 3.42. The van der Waals surface area contributed by atoms with E-state index in [9.17, 15) is 4.79 Å². The van der Waals surface area contributed by atoms with Crippen molar-refractivity contribution < 1.29 is 9.63 Å². The Kier molecular flexibility index (Phi) is 3.53. The van der Waals surface area contributed by atoms with E-state index in [0.717, 1.165) is 18.5 Å². The molecule has 1 saturated heterocycles. The van der Waals surface area contributed by atoms with E-state index >= 15 is 0 Å². The lowest BCUT2D eigenvalue weighted by Crippen LogP contribution is -2.33. The Hall–Kier alpha value is -1.61. The normalized spacial score (nSPS) is 22.2. The fourth-order valence-electron chi connectivity index (χ4n) is 2.13. The SMILES string of the molecule is C=CCCC1ON(c2ccccc2)C(=O)C1(C)C. The van der Waals surface area contributed by atoms with Crippen LogP contribution in [0.25, 0.3) is 0 Å². The summed E-state index contributed by atoms with van der Waals surface area (Å²) in [6.45, 7) is 7.58. The Balaban J connectivity index is 2.21. The Bertz CT molecular complexity index is 439. The summed E-state index contributed by atoms with van der Waals surface area (Å²) in [4.78, 5) is 18.2. The van der Waals surface area contributed by atoms with Gasteiger partial charge in [0.05, 0.1) is 11.1 Å². The van der Waals surface area contributed by atoms with Crippen molar-refractivity contribution in [2.75, 3.05) is 5.06 Å². The molecule has 1 heterocycles. The third-order valence-electron chi connectivity index (χ3n) is 3.40. The quantitative estimate of drug-likeness (QED) is 0.761. The number of amides is 1. The maximum Gasteiger partial charge on any atom is 0.259 e. The topological polar surface area (TPSA) is 29.5 Å². The molecule has 18 heavy (non-hydrogen) atoms. The molecule has 1 aliphatic rings. The van der Waals surface area contributed by atoms with Crippen molar-refractivity contribution >= 4 is 11.6 Å². The molecule has 2 rings (SSSR count). The van der Waals surface area contributed by atoms with Gasteiger partial charge < -0.3 is 0 Å². The van der Waals surface area contributed by atoms with Crippen LogP contribution in [0, 0.1) is 5.41 Å². The zero-order valence-electron chi connectivity index (χ0n) is 10.9. The first-order valence-electron chi connectivity index (χ1n) is 6.24. The van der Waals surface area contributed by atoms with Gasteiger partial charge in [-0.15, -0.1) is 6.58 Å². The standard InChI is InChI=1S/C15H19NO2/c1-4-5-11-13-15(2,3)14(17)16(18-13)12-9-7-6-8-10-12/h4,6-10,13H,1,5,11H2,2-3H3. The number of rotatable bonds is 4. The molecule has 0 saturated carbocycles. The van der Waals surface area contributed by atoms with Crippen LogP contribution in [-0.4, -0.2) is 12.0 Å². The largest absolute Gasteiger partial charge is 0.271 e. The molecule has 0 radical (unpaired) electrons. The highest BCUT2D eigenvalue weighted by molar-refractivity contribution is 5.97. The molecule has 3 heteroatoms. The molecule has 1 fully saturated rings. The number of anilines is 1. The van der Waals surface area contributed by atoms with Crippen LogP contribution < -0.4 is 5.06 Å². The van der Waals surface area contributed by atoms with Crippen LogP contribution in [0.4, 0.5) is 5.69 Å². The van der Waals surface area contributed by atoms with Gasteiger partial charge >= 0.3 is 0 Å². The summed E-state index contributed by atoms with van der Waals surface area (Å²) in [5, 5.41) is 1.42. The summed E-state index contributed by atoms with van der Waals surface area (Å²) >= 11 is 0. The van der Waals surface area contributed by atoms with Crippen LogP contribution in [0.2, 0.25) is 0 Å². The molecule has 0 N–H and O–H groups in total. The Morgan fingerprint density at radius 2 is 2.06 bits per heavy atom. The molecular weight excluding hydrogens is 226 g/mol. The molecule has 1 atom stereocenters. The number of nitrogens with zero attached hydrogens (tertiary/aromatic N) is 1. The van der Waals surface area contributed by atoms with Crippen molar-refractivity contribution in [3.63, 3.8) is 0 Å². The third kappa shape index (κ3) is 2.18. The van der Waals surface area contributed by atoms with Crippen molar-refractivity contribution in [2.45, 2.75) is 32.8 Å². The minimum absolute atomic E-state index is 0.0164. The molecule has 0 aromatic heterocycles. The van der Waals surface area contributed by atoms with Gasteiger partial charge in [-0.1, -0.05) is 24.3 Å². The molecule has 1 aromatic rings. The summed E-state index contributed by atoms with van der Waals surface area (Å²) in [7, 11) is 0. The fourth-order valence-corrected chi connectivity index (χ4v) is 2.13. The molecule has 0 aliphatic carbocycles. The van der Waals surface area contributed by atoms with Crippen LogP contribution >= 0.6 is 0 Å². The predicted molar refractivity (Wildman–Crippen MR) is 72.0 cm³/mol. The Morgan fingerprint density at radius 1 is 1.39 bits per heavy atom. The van der Waals surface area contributed by atoms with E-state index in [1.165, 1.54) is 5.06 Å². The lowest BCUT2D eigenvalue weighted by atomic mass is 9.84. The van der Waals surface area contributed by atoms with E-state index < -0.39 is 5.41 Å². The van der Waals surface area contributed by atoms with Gasteiger partial charge in [0.2, 0.25) is 0 Å². The second-order valence-electron chi connectivity index (χ2n) is 5.12. The second kappa shape index (κ2) is 4.94. The van der Waals surface area contributed by atoms with Crippen molar-refractivity contribution in [1.29, 1.82) is 0 Å². The number of hydrogen-bond acceptors (Lipinski definition) is 2.